The number of rotatable bonds is 4. The summed E-state index contributed by atoms with van der Waals surface area (Å²) in [4.78, 5) is 25.9. The van der Waals surface area contributed by atoms with Crippen LogP contribution in [0.4, 0.5) is 5.69 Å². The van der Waals surface area contributed by atoms with Crippen molar-refractivity contribution in [3.8, 4) is 0 Å². The van der Waals surface area contributed by atoms with Gasteiger partial charge in [-0.2, -0.15) is 0 Å². The van der Waals surface area contributed by atoms with Crippen LogP contribution >= 0.6 is 0 Å². The second kappa shape index (κ2) is 9.63. The fraction of sp³-hybridized carbons (Fsp3) is 0.625. The number of allylic oxidation sites excluding steroid dienone is 1. The van der Waals surface area contributed by atoms with Crippen molar-refractivity contribution in [2.75, 3.05) is 19.0 Å². The molecule has 3 fully saturated rings. The van der Waals surface area contributed by atoms with E-state index in [9.17, 15) is 9.59 Å². The molecule has 1 aromatic rings. The Morgan fingerprint density at radius 2 is 1.65 bits per heavy atom. The van der Waals surface area contributed by atoms with E-state index in [4.69, 9.17) is 9.47 Å². The Labute approximate surface area is 222 Å². The first-order chi connectivity index (χ1) is 17.5. The van der Waals surface area contributed by atoms with Crippen molar-refractivity contribution in [1.82, 2.24) is 0 Å². The lowest BCUT2D eigenvalue weighted by Gasteiger charge is -2.57. The van der Waals surface area contributed by atoms with Crippen LogP contribution in [-0.4, -0.2) is 38.2 Å². The lowest BCUT2D eigenvalue weighted by molar-refractivity contribution is -0.154. The maximum atomic E-state index is 12.3. The minimum absolute atomic E-state index is 0.0236. The Balaban J connectivity index is 1.45. The number of anilines is 1. The maximum absolute atomic E-state index is 12.3. The summed E-state index contributed by atoms with van der Waals surface area (Å²) in [6.45, 7) is 7.90. The van der Waals surface area contributed by atoms with Crippen LogP contribution in [-0.2, 0) is 19.1 Å². The van der Waals surface area contributed by atoms with E-state index in [2.05, 4.69) is 69.3 Å². The van der Waals surface area contributed by atoms with Crippen LogP contribution in [0.2, 0.25) is 0 Å². The standard InChI is InChI=1S/C32H43NO4/c1-20(34)36-26-13-15-31(3)24(19-26)9-12-27-28(31)14-16-32(4)29(27)18-23(30(32)37-21(2)35)17-22-7-10-25(11-8-22)33(5)6/h7-11,17,26-30H,12-16,18-19H2,1-6H3/t26-,27+,28-,29-,30-,31-,32-/m0/s1. The summed E-state index contributed by atoms with van der Waals surface area (Å²) in [5.74, 6) is 1.33. The third-order valence-corrected chi connectivity index (χ3v) is 10.3. The summed E-state index contributed by atoms with van der Waals surface area (Å²) in [5, 5.41) is 0. The molecule has 1 aromatic carbocycles. The van der Waals surface area contributed by atoms with E-state index < -0.39 is 0 Å². The van der Waals surface area contributed by atoms with Crippen molar-refractivity contribution < 1.29 is 19.1 Å². The normalized spacial score (nSPS) is 37.6. The molecule has 0 amide bonds. The lowest BCUT2D eigenvalue weighted by atomic mass is 9.48. The molecular formula is C32H43NO4. The summed E-state index contributed by atoms with van der Waals surface area (Å²) in [7, 11) is 4.10. The summed E-state index contributed by atoms with van der Waals surface area (Å²) in [6, 6.07) is 8.62. The second-order valence-corrected chi connectivity index (χ2v) is 12.7. The average Bonchev–Trinajstić information content (AvgIpc) is 3.10. The molecule has 200 valence electrons. The van der Waals surface area contributed by atoms with E-state index >= 15 is 0 Å². The first kappa shape index (κ1) is 26.1. The van der Waals surface area contributed by atoms with Crippen LogP contribution in [0.15, 0.2) is 41.5 Å². The Morgan fingerprint density at radius 1 is 0.946 bits per heavy atom. The molecule has 0 unspecified atom stereocenters. The highest BCUT2D eigenvalue weighted by Gasteiger charge is 2.61. The van der Waals surface area contributed by atoms with E-state index in [1.807, 2.05) is 0 Å². The fourth-order valence-corrected chi connectivity index (χ4v) is 8.40. The van der Waals surface area contributed by atoms with Crippen molar-refractivity contribution in [2.24, 2.45) is 28.6 Å². The predicted molar refractivity (Wildman–Crippen MR) is 147 cm³/mol. The molecule has 5 rings (SSSR count). The SMILES string of the molecule is CC(=O)O[C@H]1CC[C@@]2(C)C(=CC[C@H]3[C@@H]4CC(=Cc5ccc(N(C)C)cc5)[C@H](OC(C)=O)[C@@]4(C)CC[C@@H]32)C1. The molecule has 3 saturated carbocycles. The van der Waals surface area contributed by atoms with Gasteiger partial charge in [0.2, 0.25) is 0 Å². The molecule has 4 aliphatic carbocycles. The molecule has 0 bridgehead atoms. The largest absolute Gasteiger partial charge is 0.462 e. The van der Waals surface area contributed by atoms with Gasteiger partial charge in [0, 0.05) is 45.5 Å². The van der Waals surface area contributed by atoms with Crippen molar-refractivity contribution >= 4 is 23.7 Å². The first-order valence-electron chi connectivity index (χ1n) is 14.0. The molecule has 37 heavy (non-hydrogen) atoms. The van der Waals surface area contributed by atoms with Gasteiger partial charge in [0.25, 0.3) is 0 Å². The molecule has 7 atom stereocenters. The van der Waals surface area contributed by atoms with Gasteiger partial charge in [0.1, 0.15) is 12.2 Å². The third kappa shape index (κ3) is 4.64. The topological polar surface area (TPSA) is 55.8 Å². The summed E-state index contributed by atoms with van der Waals surface area (Å²) < 4.78 is 11.7. The number of esters is 2. The molecular weight excluding hydrogens is 462 g/mol. The lowest BCUT2D eigenvalue weighted by Crippen LogP contribution is -2.51. The van der Waals surface area contributed by atoms with Crippen LogP contribution in [0, 0.1) is 28.6 Å². The van der Waals surface area contributed by atoms with Crippen LogP contribution in [0.1, 0.15) is 78.2 Å². The van der Waals surface area contributed by atoms with Gasteiger partial charge in [-0.1, -0.05) is 43.7 Å². The minimum Gasteiger partial charge on any atom is -0.462 e. The van der Waals surface area contributed by atoms with Gasteiger partial charge < -0.3 is 14.4 Å². The Hall–Kier alpha value is -2.56. The molecule has 0 aromatic heterocycles. The highest BCUT2D eigenvalue weighted by atomic mass is 16.5. The molecule has 0 saturated heterocycles. The highest BCUT2D eigenvalue weighted by Crippen LogP contribution is 2.66. The molecule has 0 heterocycles. The van der Waals surface area contributed by atoms with Crippen LogP contribution in [0.25, 0.3) is 6.08 Å². The van der Waals surface area contributed by atoms with E-state index in [1.54, 1.807) is 6.92 Å². The van der Waals surface area contributed by atoms with E-state index in [-0.39, 0.29) is 35.0 Å². The number of benzene rings is 1. The quantitative estimate of drug-likeness (QED) is 0.342. The van der Waals surface area contributed by atoms with Crippen molar-refractivity contribution in [1.29, 1.82) is 0 Å². The number of carbonyl (C=O) groups is 2. The number of ether oxygens (including phenoxy) is 2. The van der Waals surface area contributed by atoms with E-state index in [0.717, 1.165) is 50.5 Å². The van der Waals surface area contributed by atoms with Crippen molar-refractivity contribution in [3.05, 3.63) is 47.1 Å². The second-order valence-electron chi connectivity index (χ2n) is 12.7. The number of carbonyl (C=O) groups excluding carboxylic acids is 2. The van der Waals surface area contributed by atoms with Crippen LogP contribution in [0.3, 0.4) is 0 Å². The Morgan fingerprint density at radius 3 is 2.30 bits per heavy atom. The van der Waals surface area contributed by atoms with Gasteiger partial charge in [0.15, 0.2) is 0 Å². The predicted octanol–water partition coefficient (Wildman–Crippen LogP) is 6.57. The highest BCUT2D eigenvalue weighted by molar-refractivity contribution is 5.68. The first-order valence-corrected chi connectivity index (χ1v) is 14.0. The van der Waals surface area contributed by atoms with Crippen LogP contribution < -0.4 is 4.90 Å². The van der Waals surface area contributed by atoms with Crippen LogP contribution in [0.5, 0.6) is 0 Å². The third-order valence-electron chi connectivity index (χ3n) is 10.3. The summed E-state index contributed by atoms with van der Waals surface area (Å²) >= 11 is 0. The van der Waals surface area contributed by atoms with E-state index in [0.29, 0.717) is 17.8 Å². The van der Waals surface area contributed by atoms with Crippen molar-refractivity contribution in [2.45, 2.75) is 84.8 Å². The molecule has 0 radical (unpaired) electrons. The zero-order valence-electron chi connectivity index (χ0n) is 23.4. The zero-order chi connectivity index (χ0) is 26.5. The van der Waals surface area contributed by atoms with Crippen molar-refractivity contribution in [3.63, 3.8) is 0 Å². The van der Waals surface area contributed by atoms with Gasteiger partial charge in [0.05, 0.1) is 0 Å². The molecule has 5 heteroatoms. The number of hydrogen-bond donors (Lipinski definition) is 0. The summed E-state index contributed by atoms with van der Waals surface area (Å²) in [6.07, 6.45) is 11.8. The minimum atomic E-state index is -0.190. The molecule has 4 aliphatic rings. The monoisotopic (exact) mass is 505 g/mol. The van der Waals surface area contributed by atoms with Gasteiger partial charge in [-0.25, -0.2) is 0 Å². The maximum Gasteiger partial charge on any atom is 0.303 e. The average molecular weight is 506 g/mol. The zero-order valence-corrected chi connectivity index (χ0v) is 23.4. The molecule has 5 nitrogen and oxygen atoms in total. The molecule has 0 N–H and O–H groups in total. The number of fused-ring (bicyclic) bond motifs is 5. The van der Waals surface area contributed by atoms with Gasteiger partial charge in [-0.3, -0.25) is 9.59 Å². The van der Waals surface area contributed by atoms with Gasteiger partial charge >= 0.3 is 11.9 Å². The summed E-state index contributed by atoms with van der Waals surface area (Å²) in [5.41, 5.74) is 5.24. The Bertz CT molecular complexity index is 1120. The van der Waals surface area contributed by atoms with Gasteiger partial charge in [-0.15, -0.1) is 0 Å². The van der Waals surface area contributed by atoms with Gasteiger partial charge in [-0.05, 0) is 85.0 Å². The fourth-order valence-electron chi connectivity index (χ4n) is 8.40. The number of hydrogen-bond acceptors (Lipinski definition) is 5. The number of nitrogens with zero attached hydrogens (tertiary/aromatic N) is 1. The molecule has 0 aliphatic heterocycles. The smallest absolute Gasteiger partial charge is 0.303 e. The molecule has 0 spiro atoms. The van der Waals surface area contributed by atoms with E-state index in [1.165, 1.54) is 23.8 Å². The Kier molecular flexibility index (Phi) is 6.79.